The molecule has 0 aliphatic heterocycles. The van der Waals surface area contributed by atoms with Crippen molar-refractivity contribution >= 4 is 11.3 Å². The zero-order valence-corrected chi connectivity index (χ0v) is 12.3. The van der Waals surface area contributed by atoms with Crippen LogP contribution >= 0.6 is 11.3 Å². The molecule has 0 spiro atoms. The van der Waals surface area contributed by atoms with E-state index >= 15 is 0 Å². The summed E-state index contributed by atoms with van der Waals surface area (Å²) in [5.41, 5.74) is 1.39. The summed E-state index contributed by atoms with van der Waals surface area (Å²) < 4.78 is 5.34. The lowest BCUT2D eigenvalue weighted by atomic mass is 9.85. The van der Waals surface area contributed by atoms with Gasteiger partial charge in [0.15, 0.2) is 5.82 Å². The molecule has 4 nitrogen and oxygen atoms in total. The smallest absolute Gasteiger partial charge is 0.232 e. The molecular weight excluding hydrogens is 258 g/mol. The SMILES string of the molecule is Cc1nc(Cc2nc(CC3(C)CCCC3)no2)cs1. The summed E-state index contributed by atoms with van der Waals surface area (Å²) >= 11 is 1.66. The van der Waals surface area contributed by atoms with Crippen molar-refractivity contribution in [1.82, 2.24) is 15.1 Å². The molecule has 102 valence electrons. The number of hydrogen-bond acceptors (Lipinski definition) is 5. The summed E-state index contributed by atoms with van der Waals surface area (Å²) in [5.74, 6) is 1.54. The maximum atomic E-state index is 5.34. The summed E-state index contributed by atoms with van der Waals surface area (Å²) in [6, 6.07) is 0. The van der Waals surface area contributed by atoms with Gasteiger partial charge in [-0.2, -0.15) is 4.98 Å². The van der Waals surface area contributed by atoms with Gasteiger partial charge in [-0.25, -0.2) is 4.98 Å². The van der Waals surface area contributed by atoms with Gasteiger partial charge >= 0.3 is 0 Å². The molecule has 0 amide bonds. The Hall–Kier alpha value is -1.23. The number of rotatable bonds is 4. The molecule has 1 fully saturated rings. The van der Waals surface area contributed by atoms with Gasteiger partial charge in [0, 0.05) is 11.8 Å². The second-order valence-corrected chi connectivity index (χ2v) is 6.90. The van der Waals surface area contributed by atoms with E-state index in [1.54, 1.807) is 11.3 Å². The molecule has 1 aliphatic carbocycles. The van der Waals surface area contributed by atoms with E-state index in [1.807, 2.05) is 6.92 Å². The first-order valence-corrected chi connectivity index (χ1v) is 7.73. The van der Waals surface area contributed by atoms with E-state index in [1.165, 1.54) is 25.7 Å². The van der Waals surface area contributed by atoms with Gasteiger partial charge in [-0.15, -0.1) is 11.3 Å². The molecule has 1 saturated carbocycles. The Morgan fingerprint density at radius 2 is 2.11 bits per heavy atom. The first-order valence-electron chi connectivity index (χ1n) is 6.85. The predicted molar refractivity (Wildman–Crippen MR) is 74.2 cm³/mol. The molecular formula is C14H19N3OS. The second kappa shape index (κ2) is 5.04. The van der Waals surface area contributed by atoms with E-state index in [0.717, 1.165) is 22.9 Å². The molecule has 1 aliphatic rings. The molecule has 5 heteroatoms. The van der Waals surface area contributed by atoms with Crippen molar-refractivity contribution in [2.45, 2.75) is 52.4 Å². The number of hydrogen-bond donors (Lipinski definition) is 0. The highest BCUT2D eigenvalue weighted by atomic mass is 32.1. The summed E-state index contributed by atoms with van der Waals surface area (Å²) in [4.78, 5) is 8.93. The molecule has 19 heavy (non-hydrogen) atoms. The lowest BCUT2D eigenvalue weighted by Gasteiger charge is -2.20. The van der Waals surface area contributed by atoms with E-state index in [2.05, 4.69) is 27.4 Å². The normalized spacial score (nSPS) is 18.0. The van der Waals surface area contributed by atoms with Crippen molar-refractivity contribution in [2.24, 2.45) is 5.41 Å². The molecule has 0 saturated heterocycles. The van der Waals surface area contributed by atoms with Crippen LogP contribution < -0.4 is 0 Å². The summed E-state index contributed by atoms with van der Waals surface area (Å²) in [6.45, 7) is 4.34. The van der Waals surface area contributed by atoms with Crippen LogP contribution in [0.2, 0.25) is 0 Å². The third-order valence-electron chi connectivity index (χ3n) is 3.90. The fourth-order valence-electron chi connectivity index (χ4n) is 2.87. The van der Waals surface area contributed by atoms with Crippen LogP contribution in [0.3, 0.4) is 0 Å². The molecule has 2 heterocycles. The molecule has 3 rings (SSSR count). The van der Waals surface area contributed by atoms with Crippen molar-refractivity contribution in [3.05, 3.63) is 27.8 Å². The lowest BCUT2D eigenvalue weighted by Crippen LogP contribution is -2.15. The lowest BCUT2D eigenvalue weighted by molar-refractivity contribution is 0.315. The Balaban J connectivity index is 1.66. The number of thiazole rings is 1. The average molecular weight is 277 g/mol. The van der Waals surface area contributed by atoms with Crippen LogP contribution in [0.1, 0.15) is 55.0 Å². The topological polar surface area (TPSA) is 51.8 Å². The third kappa shape index (κ3) is 3.03. The minimum atomic E-state index is 0.373. The molecule has 0 bridgehead atoms. The highest BCUT2D eigenvalue weighted by Crippen LogP contribution is 2.39. The Morgan fingerprint density at radius 1 is 1.32 bits per heavy atom. The molecule has 0 aromatic carbocycles. The predicted octanol–water partition coefficient (Wildman–Crippen LogP) is 3.55. The van der Waals surface area contributed by atoms with Gasteiger partial charge in [0.2, 0.25) is 5.89 Å². The van der Waals surface area contributed by atoms with Crippen molar-refractivity contribution in [1.29, 1.82) is 0 Å². The molecule has 0 atom stereocenters. The van der Waals surface area contributed by atoms with Gasteiger partial charge in [-0.05, 0) is 25.2 Å². The number of nitrogens with zero attached hydrogens (tertiary/aromatic N) is 3. The van der Waals surface area contributed by atoms with Gasteiger partial charge < -0.3 is 4.52 Å². The Bertz CT molecular complexity index is 555. The van der Waals surface area contributed by atoms with Crippen LogP contribution in [-0.2, 0) is 12.8 Å². The van der Waals surface area contributed by atoms with E-state index in [0.29, 0.717) is 17.7 Å². The van der Waals surface area contributed by atoms with Crippen LogP contribution in [0, 0.1) is 12.3 Å². The quantitative estimate of drug-likeness (QED) is 0.857. The summed E-state index contributed by atoms with van der Waals surface area (Å²) in [5, 5.41) is 7.25. The largest absolute Gasteiger partial charge is 0.339 e. The molecule has 2 aromatic heterocycles. The van der Waals surface area contributed by atoms with Crippen LogP contribution in [0.15, 0.2) is 9.90 Å². The third-order valence-corrected chi connectivity index (χ3v) is 4.73. The van der Waals surface area contributed by atoms with E-state index in [9.17, 15) is 0 Å². The number of aryl methyl sites for hydroxylation is 1. The van der Waals surface area contributed by atoms with Gasteiger partial charge in [0.1, 0.15) is 0 Å². The van der Waals surface area contributed by atoms with Crippen molar-refractivity contribution in [3.63, 3.8) is 0 Å². The van der Waals surface area contributed by atoms with Crippen LogP contribution in [0.5, 0.6) is 0 Å². The Morgan fingerprint density at radius 3 is 2.79 bits per heavy atom. The summed E-state index contributed by atoms with van der Waals surface area (Å²) in [6.07, 6.45) is 6.81. The van der Waals surface area contributed by atoms with Gasteiger partial charge in [0.25, 0.3) is 0 Å². The fraction of sp³-hybridized carbons (Fsp3) is 0.643. The van der Waals surface area contributed by atoms with Gasteiger partial charge in [-0.1, -0.05) is 24.9 Å². The van der Waals surface area contributed by atoms with Crippen molar-refractivity contribution < 1.29 is 4.52 Å². The minimum Gasteiger partial charge on any atom is -0.339 e. The molecule has 0 radical (unpaired) electrons. The van der Waals surface area contributed by atoms with Crippen LogP contribution in [0.4, 0.5) is 0 Å². The minimum absolute atomic E-state index is 0.373. The van der Waals surface area contributed by atoms with Gasteiger partial charge in [-0.3, -0.25) is 0 Å². The number of aromatic nitrogens is 3. The highest BCUT2D eigenvalue weighted by Gasteiger charge is 2.30. The standard InChI is InChI=1S/C14H19N3OS/c1-10-15-11(9-19-10)7-13-16-12(17-18-13)8-14(2)5-3-4-6-14/h9H,3-8H2,1-2H3. The van der Waals surface area contributed by atoms with Crippen LogP contribution in [-0.4, -0.2) is 15.1 Å². The zero-order chi connectivity index (χ0) is 13.3. The van der Waals surface area contributed by atoms with Crippen LogP contribution in [0.25, 0.3) is 0 Å². The van der Waals surface area contributed by atoms with E-state index in [4.69, 9.17) is 4.52 Å². The van der Waals surface area contributed by atoms with Crippen molar-refractivity contribution in [2.75, 3.05) is 0 Å². The monoisotopic (exact) mass is 277 g/mol. The average Bonchev–Trinajstić information content (AvgIpc) is 3.04. The highest BCUT2D eigenvalue weighted by molar-refractivity contribution is 7.09. The molecule has 0 N–H and O–H groups in total. The molecule has 2 aromatic rings. The first kappa shape index (κ1) is 12.8. The maximum absolute atomic E-state index is 5.34. The van der Waals surface area contributed by atoms with Crippen molar-refractivity contribution in [3.8, 4) is 0 Å². The first-order chi connectivity index (χ1) is 9.13. The van der Waals surface area contributed by atoms with Gasteiger partial charge in [0.05, 0.1) is 17.1 Å². The van der Waals surface area contributed by atoms with E-state index < -0.39 is 0 Å². The Kier molecular flexibility index (Phi) is 3.39. The van der Waals surface area contributed by atoms with E-state index in [-0.39, 0.29) is 0 Å². The fourth-order valence-corrected chi connectivity index (χ4v) is 3.48. The second-order valence-electron chi connectivity index (χ2n) is 5.83. The maximum Gasteiger partial charge on any atom is 0.232 e. The molecule has 0 unspecified atom stereocenters. The zero-order valence-electron chi connectivity index (χ0n) is 11.5. The Labute approximate surface area is 117 Å². The summed E-state index contributed by atoms with van der Waals surface area (Å²) in [7, 11) is 0.